The Labute approximate surface area is 159 Å². The maximum Gasteiger partial charge on any atom is 0.341 e. The van der Waals surface area contributed by atoms with E-state index in [1.165, 1.54) is 36.6 Å². The Morgan fingerprint density at radius 2 is 2.11 bits per heavy atom. The van der Waals surface area contributed by atoms with Crippen molar-refractivity contribution in [1.82, 2.24) is 0 Å². The predicted molar refractivity (Wildman–Crippen MR) is 99.6 cm³/mol. The van der Waals surface area contributed by atoms with E-state index in [1.807, 2.05) is 0 Å². The van der Waals surface area contributed by atoms with Crippen molar-refractivity contribution in [3.63, 3.8) is 0 Å². The summed E-state index contributed by atoms with van der Waals surface area (Å²) in [5.41, 5.74) is 1.81. The molecular weight excluding hydrogens is 372 g/mol. The van der Waals surface area contributed by atoms with Gasteiger partial charge in [-0.1, -0.05) is 0 Å². The molecule has 1 aromatic heterocycles. The third-order valence-corrected chi connectivity index (χ3v) is 5.51. The van der Waals surface area contributed by atoms with Crippen LogP contribution >= 0.6 is 11.3 Å². The van der Waals surface area contributed by atoms with E-state index in [0.717, 1.165) is 29.7 Å². The first kappa shape index (κ1) is 18.8. The minimum absolute atomic E-state index is 0.0115. The summed E-state index contributed by atoms with van der Waals surface area (Å²) in [4.78, 5) is 35.8. The maximum absolute atomic E-state index is 12.2. The number of benzene rings is 1. The van der Waals surface area contributed by atoms with Crippen LogP contribution in [0.2, 0.25) is 0 Å². The van der Waals surface area contributed by atoms with Crippen LogP contribution in [-0.2, 0) is 22.4 Å². The van der Waals surface area contributed by atoms with Crippen LogP contribution in [0.5, 0.6) is 5.75 Å². The molecule has 142 valence electrons. The maximum atomic E-state index is 12.2. The average molecular weight is 390 g/mol. The molecule has 0 bridgehead atoms. The van der Waals surface area contributed by atoms with Crippen LogP contribution in [0, 0.1) is 17.0 Å². The Balaban J connectivity index is 1.68. The van der Waals surface area contributed by atoms with E-state index in [0.29, 0.717) is 21.9 Å². The zero-order valence-corrected chi connectivity index (χ0v) is 15.7. The van der Waals surface area contributed by atoms with Gasteiger partial charge in [0.1, 0.15) is 10.8 Å². The number of nitrogens with one attached hydrogen (secondary N) is 1. The van der Waals surface area contributed by atoms with E-state index in [-0.39, 0.29) is 12.3 Å². The highest BCUT2D eigenvalue weighted by atomic mass is 32.1. The van der Waals surface area contributed by atoms with E-state index in [1.54, 1.807) is 6.92 Å². The summed E-state index contributed by atoms with van der Waals surface area (Å²) >= 11 is 1.39. The van der Waals surface area contributed by atoms with Crippen LogP contribution in [0.3, 0.4) is 0 Å². The van der Waals surface area contributed by atoms with Gasteiger partial charge in [-0.2, -0.15) is 0 Å². The number of esters is 1. The van der Waals surface area contributed by atoms with Crippen molar-refractivity contribution in [3.05, 3.63) is 49.9 Å². The summed E-state index contributed by atoms with van der Waals surface area (Å²) < 4.78 is 10.3. The van der Waals surface area contributed by atoms with Crippen molar-refractivity contribution < 1.29 is 24.0 Å². The molecular formula is C18H18N2O6S. The second-order valence-corrected chi connectivity index (χ2v) is 7.20. The summed E-state index contributed by atoms with van der Waals surface area (Å²) in [5.74, 6) is -0.525. The highest BCUT2D eigenvalue weighted by Gasteiger charge is 2.28. The number of methoxy groups -OCH3 is 1. The Morgan fingerprint density at radius 3 is 2.78 bits per heavy atom. The topological polar surface area (TPSA) is 108 Å². The first-order valence-corrected chi connectivity index (χ1v) is 9.13. The molecule has 0 fully saturated rings. The molecule has 1 aromatic carbocycles. The number of nitrogens with zero attached hydrogens (tertiary/aromatic N) is 1. The SMILES string of the molecule is COC(=O)c1c(NC(=O)COc2ccc([N+](=O)[O-])c(C)c2)sc2c1CCC2. The van der Waals surface area contributed by atoms with Gasteiger partial charge in [-0.15, -0.1) is 11.3 Å². The fraction of sp³-hybridized carbons (Fsp3) is 0.333. The van der Waals surface area contributed by atoms with Crippen LogP contribution in [0.1, 0.15) is 32.8 Å². The van der Waals surface area contributed by atoms with E-state index >= 15 is 0 Å². The number of thiophene rings is 1. The lowest BCUT2D eigenvalue weighted by molar-refractivity contribution is -0.385. The summed E-state index contributed by atoms with van der Waals surface area (Å²) in [7, 11) is 1.31. The summed E-state index contributed by atoms with van der Waals surface area (Å²) in [5, 5.41) is 14.0. The molecule has 0 atom stereocenters. The molecule has 1 N–H and O–H groups in total. The van der Waals surface area contributed by atoms with Crippen molar-refractivity contribution in [1.29, 1.82) is 0 Å². The van der Waals surface area contributed by atoms with Gasteiger partial charge in [0.25, 0.3) is 11.6 Å². The number of carbonyl (C=O) groups is 2. The number of nitro benzene ring substituents is 1. The number of anilines is 1. The molecule has 1 aliphatic rings. The van der Waals surface area contributed by atoms with Crippen LogP contribution in [0.25, 0.3) is 0 Å². The second kappa shape index (κ2) is 7.75. The molecule has 0 spiro atoms. The molecule has 0 saturated heterocycles. The largest absolute Gasteiger partial charge is 0.484 e. The number of hydrogen-bond donors (Lipinski definition) is 1. The lowest BCUT2D eigenvalue weighted by Crippen LogP contribution is -2.21. The van der Waals surface area contributed by atoms with E-state index in [9.17, 15) is 19.7 Å². The molecule has 0 radical (unpaired) electrons. The third kappa shape index (κ3) is 3.92. The van der Waals surface area contributed by atoms with Crippen LogP contribution in [0.4, 0.5) is 10.7 Å². The Bertz CT molecular complexity index is 921. The smallest absolute Gasteiger partial charge is 0.341 e. The molecule has 8 nitrogen and oxygen atoms in total. The Morgan fingerprint density at radius 1 is 1.33 bits per heavy atom. The van der Waals surface area contributed by atoms with Gasteiger partial charge in [-0.05, 0) is 43.9 Å². The lowest BCUT2D eigenvalue weighted by atomic mass is 10.1. The second-order valence-electron chi connectivity index (χ2n) is 6.10. The normalized spacial score (nSPS) is 12.4. The highest BCUT2D eigenvalue weighted by Crippen LogP contribution is 2.39. The molecule has 0 aliphatic heterocycles. The molecule has 2 aromatic rings. The quantitative estimate of drug-likeness (QED) is 0.461. The van der Waals surface area contributed by atoms with Crippen molar-refractivity contribution in [2.75, 3.05) is 19.0 Å². The number of rotatable bonds is 6. The Kier molecular flexibility index (Phi) is 5.41. The van der Waals surface area contributed by atoms with E-state index in [4.69, 9.17) is 9.47 Å². The number of fused-ring (bicyclic) bond motifs is 1. The van der Waals surface area contributed by atoms with Crippen molar-refractivity contribution >= 4 is 33.9 Å². The zero-order valence-electron chi connectivity index (χ0n) is 14.9. The molecule has 0 unspecified atom stereocenters. The number of aryl methyl sites for hydroxylation is 2. The van der Waals surface area contributed by atoms with Gasteiger partial charge < -0.3 is 14.8 Å². The van der Waals surface area contributed by atoms with Crippen LogP contribution < -0.4 is 10.1 Å². The van der Waals surface area contributed by atoms with Gasteiger partial charge in [-0.3, -0.25) is 14.9 Å². The van der Waals surface area contributed by atoms with Crippen molar-refractivity contribution in [3.8, 4) is 5.75 Å². The molecule has 3 rings (SSSR count). The molecule has 9 heteroatoms. The summed E-state index contributed by atoms with van der Waals surface area (Å²) in [6.07, 6.45) is 2.67. The fourth-order valence-electron chi connectivity index (χ4n) is 3.04. The predicted octanol–water partition coefficient (Wildman–Crippen LogP) is 3.26. The molecule has 1 aliphatic carbocycles. The first-order chi connectivity index (χ1) is 12.9. The number of hydrogen-bond acceptors (Lipinski definition) is 7. The third-order valence-electron chi connectivity index (χ3n) is 4.30. The monoisotopic (exact) mass is 390 g/mol. The minimum Gasteiger partial charge on any atom is -0.484 e. The molecule has 1 heterocycles. The number of amides is 1. The zero-order chi connectivity index (χ0) is 19.6. The van der Waals surface area contributed by atoms with Gasteiger partial charge in [-0.25, -0.2) is 4.79 Å². The Hall–Kier alpha value is -2.94. The first-order valence-electron chi connectivity index (χ1n) is 8.31. The lowest BCUT2D eigenvalue weighted by Gasteiger charge is -2.09. The van der Waals surface area contributed by atoms with Crippen molar-refractivity contribution in [2.24, 2.45) is 0 Å². The van der Waals surface area contributed by atoms with Crippen LogP contribution in [0.15, 0.2) is 18.2 Å². The molecule has 1 amide bonds. The number of ether oxygens (including phenoxy) is 2. The van der Waals surface area contributed by atoms with Crippen molar-refractivity contribution in [2.45, 2.75) is 26.2 Å². The number of nitro groups is 1. The van der Waals surface area contributed by atoms with E-state index < -0.39 is 16.8 Å². The standard InChI is InChI=1S/C18H18N2O6S/c1-10-8-11(6-7-13(10)20(23)24)26-9-15(21)19-17-16(18(22)25-2)12-4-3-5-14(12)27-17/h6-8H,3-5,9H2,1-2H3,(H,19,21). The van der Waals surface area contributed by atoms with E-state index in [2.05, 4.69) is 5.32 Å². The fourth-order valence-corrected chi connectivity index (χ4v) is 4.34. The van der Waals surface area contributed by atoms with Gasteiger partial charge in [0.2, 0.25) is 0 Å². The van der Waals surface area contributed by atoms with Crippen LogP contribution in [-0.4, -0.2) is 30.5 Å². The average Bonchev–Trinajstić information content (AvgIpc) is 3.19. The molecule has 27 heavy (non-hydrogen) atoms. The summed E-state index contributed by atoms with van der Waals surface area (Å²) in [6.45, 7) is 1.32. The summed E-state index contributed by atoms with van der Waals surface area (Å²) in [6, 6.07) is 4.28. The van der Waals surface area contributed by atoms with Gasteiger partial charge in [0.15, 0.2) is 6.61 Å². The number of carbonyl (C=O) groups excluding carboxylic acids is 2. The highest BCUT2D eigenvalue weighted by molar-refractivity contribution is 7.17. The van der Waals surface area contributed by atoms with Gasteiger partial charge in [0.05, 0.1) is 17.6 Å². The van der Waals surface area contributed by atoms with Gasteiger partial charge >= 0.3 is 5.97 Å². The minimum atomic E-state index is -0.476. The van der Waals surface area contributed by atoms with Gasteiger partial charge in [0, 0.05) is 16.5 Å². The molecule has 0 saturated carbocycles.